The molecule has 1 aromatic carbocycles. The number of piperidine rings is 1. The molecule has 1 aliphatic rings. The van der Waals surface area contributed by atoms with Crippen LogP contribution in [0.25, 0.3) is 0 Å². The Morgan fingerprint density at radius 3 is 2.66 bits per heavy atom. The predicted molar refractivity (Wildman–Crippen MR) is 128 cm³/mol. The van der Waals surface area contributed by atoms with Crippen LogP contribution >= 0.6 is 0 Å². The highest BCUT2D eigenvalue weighted by Gasteiger charge is 2.31. The van der Waals surface area contributed by atoms with Gasteiger partial charge in [-0.1, -0.05) is 12.1 Å². The van der Waals surface area contributed by atoms with Crippen LogP contribution in [0.15, 0.2) is 41.7 Å². The molecule has 0 amide bonds. The van der Waals surface area contributed by atoms with Gasteiger partial charge in [-0.2, -0.15) is 5.10 Å². The number of methoxy groups -OCH3 is 1. The molecular formula is C24H38N6O2. The van der Waals surface area contributed by atoms with Crippen molar-refractivity contribution in [2.24, 2.45) is 18.0 Å². The number of nitrogens with one attached hydrogen (secondary N) is 2. The summed E-state index contributed by atoms with van der Waals surface area (Å²) in [5.74, 6) is 2.05. The number of likely N-dealkylation sites (tertiary alicyclic amines) is 1. The van der Waals surface area contributed by atoms with E-state index in [2.05, 4.69) is 44.8 Å². The molecule has 0 radical (unpaired) electrons. The van der Waals surface area contributed by atoms with Gasteiger partial charge in [0.25, 0.3) is 0 Å². The minimum Gasteiger partial charge on any atom is -0.497 e. The fourth-order valence-corrected chi connectivity index (χ4v) is 4.39. The minimum atomic E-state index is -1.08. The highest BCUT2D eigenvalue weighted by atomic mass is 16.5. The van der Waals surface area contributed by atoms with E-state index in [1.807, 2.05) is 32.3 Å². The van der Waals surface area contributed by atoms with Gasteiger partial charge in [0.1, 0.15) is 11.4 Å². The Morgan fingerprint density at radius 2 is 2.03 bits per heavy atom. The Morgan fingerprint density at radius 1 is 1.28 bits per heavy atom. The van der Waals surface area contributed by atoms with E-state index in [-0.39, 0.29) is 6.54 Å². The van der Waals surface area contributed by atoms with Crippen LogP contribution in [0, 0.1) is 5.92 Å². The van der Waals surface area contributed by atoms with Crippen molar-refractivity contribution in [3.63, 3.8) is 0 Å². The lowest BCUT2D eigenvalue weighted by molar-refractivity contribution is 0.0671. The molecule has 0 spiro atoms. The van der Waals surface area contributed by atoms with Crippen LogP contribution in [-0.2, 0) is 12.6 Å². The molecule has 0 bridgehead atoms. The van der Waals surface area contributed by atoms with Crippen molar-refractivity contribution in [3.05, 3.63) is 47.8 Å². The van der Waals surface area contributed by atoms with Crippen molar-refractivity contribution in [1.29, 1.82) is 0 Å². The maximum Gasteiger partial charge on any atom is 0.191 e. The lowest BCUT2D eigenvalue weighted by atomic mass is 9.85. The molecule has 176 valence electrons. The van der Waals surface area contributed by atoms with E-state index in [0.29, 0.717) is 12.0 Å². The Bertz CT molecular complexity index is 877. The van der Waals surface area contributed by atoms with E-state index in [1.54, 1.807) is 24.9 Å². The smallest absolute Gasteiger partial charge is 0.191 e. The topological polar surface area (TPSA) is 86.9 Å². The standard InChI is InChI=1S/C24H38N6O2/c1-6-25-23(27-17-24(2,31)20-15-28-30(4)16-20)26-14-19-8-7-13-29(3)22(19)18-9-11-21(32-5)12-10-18/h9-12,15-16,19,22,31H,6-8,13-14,17H2,1-5H3,(H2,25,26,27). The van der Waals surface area contributed by atoms with Gasteiger partial charge < -0.3 is 20.5 Å². The van der Waals surface area contributed by atoms with Crippen LogP contribution in [-0.4, -0.2) is 66.1 Å². The van der Waals surface area contributed by atoms with Crippen LogP contribution < -0.4 is 15.4 Å². The van der Waals surface area contributed by atoms with Crippen LogP contribution in [0.5, 0.6) is 5.75 Å². The van der Waals surface area contributed by atoms with E-state index in [0.717, 1.165) is 43.3 Å². The summed E-state index contributed by atoms with van der Waals surface area (Å²) in [6.45, 7) is 6.73. The first kappa shape index (κ1) is 24.1. The van der Waals surface area contributed by atoms with Crippen molar-refractivity contribution in [3.8, 4) is 5.75 Å². The van der Waals surface area contributed by atoms with Crippen LogP contribution in [0.1, 0.15) is 43.9 Å². The monoisotopic (exact) mass is 442 g/mol. The first-order valence-electron chi connectivity index (χ1n) is 11.4. The molecule has 3 rings (SSSR count). The van der Waals surface area contributed by atoms with E-state index < -0.39 is 5.60 Å². The second kappa shape index (κ2) is 10.8. The largest absolute Gasteiger partial charge is 0.497 e. The second-order valence-electron chi connectivity index (χ2n) is 8.85. The van der Waals surface area contributed by atoms with Gasteiger partial charge in [-0.25, -0.2) is 4.99 Å². The molecule has 1 aliphatic heterocycles. The van der Waals surface area contributed by atoms with Crippen LogP contribution in [0.2, 0.25) is 0 Å². The van der Waals surface area contributed by atoms with Crippen molar-refractivity contribution < 1.29 is 9.84 Å². The lowest BCUT2D eigenvalue weighted by Crippen LogP contribution is -2.45. The summed E-state index contributed by atoms with van der Waals surface area (Å²) in [7, 11) is 5.74. The second-order valence-corrected chi connectivity index (χ2v) is 8.85. The number of hydrogen-bond donors (Lipinski definition) is 3. The van der Waals surface area contributed by atoms with Gasteiger partial charge in [0, 0.05) is 37.9 Å². The highest BCUT2D eigenvalue weighted by Crippen LogP contribution is 2.35. The summed E-state index contributed by atoms with van der Waals surface area (Å²) in [4.78, 5) is 7.11. The molecule has 1 fully saturated rings. The predicted octanol–water partition coefficient (Wildman–Crippen LogP) is 2.27. The minimum absolute atomic E-state index is 0.251. The summed E-state index contributed by atoms with van der Waals surface area (Å²) >= 11 is 0. The van der Waals surface area contributed by atoms with Crippen molar-refractivity contribution in [2.45, 2.75) is 38.3 Å². The molecule has 8 nitrogen and oxygen atoms in total. The maximum absolute atomic E-state index is 10.9. The number of rotatable bonds is 8. The molecule has 0 aliphatic carbocycles. The number of aromatic nitrogens is 2. The number of nitrogens with zero attached hydrogens (tertiary/aromatic N) is 4. The van der Waals surface area contributed by atoms with Crippen molar-refractivity contribution >= 4 is 5.96 Å². The summed E-state index contributed by atoms with van der Waals surface area (Å²) in [5, 5.41) is 21.9. The zero-order valence-corrected chi connectivity index (χ0v) is 20.0. The number of aliphatic hydroxyl groups is 1. The zero-order valence-electron chi connectivity index (χ0n) is 20.0. The van der Waals surface area contributed by atoms with Gasteiger partial charge in [-0.15, -0.1) is 0 Å². The number of aliphatic imine (C=N–C) groups is 1. The van der Waals surface area contributed by atoms with Crippen LogP contribution in [0.3, 0.4) is 0 Å². The first-order valence-corrected chi connectivity index (χ1v) is 11.4. The Labute approximate surface area is 191 Å². The third kappa shape index (κ3) is 6.01. The SMILES string of the molecule is CCNC(=NCC(C)(O)c1cnn(C)c1)NCC1CCCN(C)C1c1ccc(OC)cc1. The molecule has 8 heteroatoms. The van der Waals surface area contributed by atoms with Crippen molar-refractivity contribution in [1.82, 2.24) is 25.3 Å². The molecule has 3 N–H and O–H groups in total. The van der Waals surface area contributed by atoms with E-state index >= 15 is 0 Å². The van der Waals surface area contributed by atoms with Gasteiger partial charge in [0.05, 0.1) is 19.9 Å². The van der Waals surface area contributed by atoms with E-state index in [1.165, 1.54) is 12.0 Å². The maximum atomic E-state index is 10.9. The fourth-order valence-electron chi connectivity index (χ4n) is 4.39. The number of hydrogen-bond acceptors (Lipinski definition) is 5. The van der Waals surface area contributed by atoms with E-state index in [9.17, 15) is 5.11 Å². The third-order valence-electron chi connectivity index (χ3n) is 6.21. The number of guanidine groups is 1. The fraction of sp³-hybridized carbons (Fsp3) is 0.583. The molecule has 3 atom stereocenters. The van der Waals surface area contributed by atoms with Gasteiger partial charge in [0.15, 0.2) is 5.96 Å². The number of aryl methyl sites for hydroxylation is 1. The van der Waals surface area contributed by atoms with Gasteiger partial charge in [0.2, 0.25) is 0 Å². The lowest BCUT2D eigenvalue weighted by Gasteiger charge is -2.40. The molecule has 1 aromatic heterocycles. The number of benzene rings is 1. The Hall–Kier alpha value is -2.58. The summed E-state index contributed by atoms with van der Waals surface area (Å²) in [6, 6.07) is 8.75. The molecule has 32 heavy (non-hydrogen) atoms. The average Bonchev–Trinajstić information content (AvgIpc) is 3.23. The first-order chi connectivity index (χ1) is 15.3. The zero-order chi connectivity index (χ0) is 23.1. The molecule has 2 aromatic rings. The normalized spacial score (nSPS) is 21.8. The van der Waals surface area contributed by atoms with Gasteiger partial charge >= 0.3 is 0 Å². The molecule has 1 saturated heterocycles. The quantitative estimate of drug-likeness (QED) is 0.430. The summed E-state index contributed by atoms with van der Waals surface area (Å²) in [6.07, 6.45) is 5.85. The molecule has 3 unspecified atom stereocenters. The summed E-state index contributed by atoms with van der Waals surface area (Å²) in [5.41, 5.74) is 0.988. The van der Waals surface area contributed by atoms with Crippen molar-refractivity contribution in [2.75, 3.05) is 40.3 Å². The van der Waals surface area contributed by atoms with Gasteiger partial charge in [-0.05, 0) is 63.9 Å². The van der Waals surface area contributed by atoms with Gasteiger partial charge in [-0.3, -0.25) is 9.58 Å². The summed E-state index contributed by atoms with van der Waals surface area (Å²) < 4.78 is 7.02. The average molecular weight is 443 g/mol. The third-order valence-corrected chi connectivity index (χ3v) is 6.21. The Balaban J connectivity index is 1.69. The molecular weight excluding hydrogens is 404 g/mol. The van der Waals surface area contributed by atoms with Crippen LogP contribution in [0.4, 0.5) is 0 Å². The Kier molecular flexibility index (Phi) is 8.15. The molecule has 2 heterocycles. The number of ether oxygens (including phenoxy) is 1. The molecule has 0 saturated carbocycles. The van der Waals surface area contributed by atoms with E-state index in [4.69, 9.17) is 4.74 Å². The highest BCUT2D eigenvalue weighted by molar-refractivity contribution is 5.79.